The number of methoxy groups -OCH3 is 1. The number of anilines is 1. The van der Waals surface area contributed by atoms with E-state index < -0.39 is 0 Å². The van der Waals surface area contributed by atoms with E-state index >= 15 is 0 Å². The maximum atomic E-state index is 11.6. The lowest BCUT2D eigenvalue weighted by atomic mass is 10.3. The number of H-pyrrole nitrogens is 1. The smallest absolute Gasteiger partial charge is 0.251 e. The Bertz CT molecular complexity index is 849. The highest BCUT2D eigenvalue weighted by Gasteiger charge is 2.18. The van der Waals surface area contributed by atoms with Gasteiger partial charge in [-0.05, 0) is 19.1 Å². The van der Waals surface area contributed by atoms with E-state index in [0.717, 1.165) is 15.4 Å². The summed E-state index contributed by atoms with van der Waals surface area (Å²) in [5.74, 6) is 1.23. The van der Waals surface area contributed by atoms with Crippen molar-refractivity contribution in [3.05, 3.63) is 24.7 Å². The summed E-state index contributed by atoms with van der Waals surface area (Å²) in [7, 11) is 1.46. The Hall–Kier alpha value is -2.85. The van der Waals surface area contributed by atoms with Gasteiger partial charge in [0.2, 0.25) is 5.88 Å². The number of carbonyl (C=O) groups excluding carboxylic acids is 1. The molecule has 0 bridgehead atoms. The summed E-state index contributed by atoms with van der Waals surface area (Å²) in [6, 6.07) is 3.55. The molecule has 3 aromatic rings. The monoisotopic (exact) mass is 360 g/mol. The molecule has 3 heterocycles. The van der Waals surface area contributed by atoms with Gasteiger partial charge in [0.1, 0.15) is 28.6 Å². The molecule has 0 spiro atoms. The van der Waals surface area contributed by atoms with E-state index in [-0.39, 0.29) is 12.5 Å². The van der Waals surface area contributed by atoms with Crippen LogP contribution in [-0.2, 0) is 9.53 Å². The minimum absolute atomic E-state index is 0.0344. The van der Waals surface area contributed by atoms with Crippen molar-refractivity contribution >= 4 is 23.1 Å². The predicted octanol–water partition coefficient (Wildman–Crippen LogP) is 1.97. The van der Waals surface area contributed by atoms with E-state index in [9.17, 15) is 4.79 Å². The molecule has 0 aliphatic rings. The van der Waals surface area contributed by atoms with Gasteiger partial charge in [-0.15, -0.1) is 11.3 Å². The molecular weight excluding hydrogens is 344 g/mol. The molecular formula is C15H16N6O3S. The number of aromatic nitrogens is 5. The molecule has 0 unspecified atom stereocenters. The molecule has 9 nitrogen and oxygen atoms in total. The predicted molar refractivity (Wildman–Crippen MR) is 92.4 cm³/mol. The highest BCUT2D eigenvalue weighted by atomic mass is 32.1. The van der Waals surface area contributed by atoms with Gasteiger partial charge in [-0.3, -0.25) is 9.89 Å². The van der Waals surface area contributed by atoms with Gasteiger partial charge in [-0.25, -0.2) is 15.0 Å². The SMILES string of the molecule is CCOc1nc(-c2ccnc(NC(=O)COC)c2)sc1-c1ncn[nH]1. The van der Waals surface area contributed by atoms with Crippen molar-refractivity contribution in [3.8, 4) is 27.2 Å². The Morgan fingerprint density at radius 2 is 2.28 bits per heavy atom. The molecule has 10 heteroatoms. The zero-order valence-corrected chi connectivity index (χ0v) is 14.5. The van der Waals surface area contributed by atoms with Gasteiger partial charge in [0.05, 0.1) is 6.61 Å². The second-order valence-electron chi connectivity index (χ2n) is 4.83. The molecule has 0 fully saturated rings. The second-order valence-corrected chi connectivity index (χ2v) is 5.83. The fourth-order valence-corrected chi connectivity index (χ4v) is 3.02. The summed E-state index contributed by atoms with van der Waals surface area (Å²) in [5, 5.41) is 10.1. The first-order valence-electron chi connectivity index (χ1n) is 7.45. The van der Waals surface area contributed by atoms with E-state index in [1.165, 1.54) is 24.8 Å². The number of ether oxygens (including phenoxy) is 2. The van der Waals surface area contributed by atoms with Crippen LogP contribution >= 0.6 is 11.3 Å². The minimum Gasteiger partial charge on any atom is -0.477 e. The number of rotatable bonds is 7. The molecule has 0 aliphatic carbocycles. The van der Waals surface area contributed by atoms with Crippen LogP contribution in [0.1, 0.15) is 6.92 Å². The fourth-order valence-electron chi connectivity index (χ4n) is 2.07. The van der Waals surface area contributed by atoms with Gasteiger partial charge in [0.25, 0.3) is 5.91 Å². The summed E-state index contributed by atoms with van der Waals surface area (Å²) >= 11 is 1.41. The van der Waals surface area contributed by atoms with Crippen LogP contribution in [-0.4, -0.2) is 51.4 Å². The fraction of sp³-hybridized carbons (Fsp3) is 0.267. The number of pyridine rings is 1. The Kier molecular flexibility index (Phi) is 5.31. The lowest BCUT2D eigenvalue weighted by molar-refractivity contribution is -0.119. The van der Waals surface area contributed by atoms with Crippen LogP contribution in [0.3, 0.4) is 0 Å². The van der Waals surface area contributed by atoms with E-state index in [1.807, 2.05) is 13.0 Å². The van der Waals surface area contributed by atoms with Crippen molar-refractivity contribution in [2.45, 2.75) is 6.92 Å². The molecule has 3 rings (SSSR count). The molecule has 130 valence electrons. The summed E-state index contributed by atoms with van der Waals surface area (Å²) in [4.78, 5) is 25.2. The third-order valence-corrected chi connectivity index (χ3v) is 4.15. The van der Waals surface area contributed by atoms with Gasteiger partial charge in [-0.2, -0.15) is 5.10 Å². The number of nitrogens with one attached hydrogen (secondary N) is 2. The Morgan fingerprint density at radius 3 is 3.00 bits per heavy atom. The molecule has 1 amide bonds. The number of carbonyl (C=O) groups is 1. The van der Waals surface area contributed by atoms with Crippen LogP contribution in [0.15, 0.2) is 24.7 Å². The largest absolute Gasteiger partial charge is 0.477 e. The Balaban J connectivity index is 1.91. The zero-order valence-electron chi connectivity index (χ0n) is 13.6. The number of hydrogen-bond donors (Lipinski definition) is 2. The highest BCUT2D eigenvalue weighted by molar-refractivity contribution is 7.18. The van der Waals surface area contributed by atoms with Crippen molar-refractivity contribution in [3.63, 3.8) is 0 Å². The van der Waals surface area contributed by atoms with Crippen molar-refractivity contribution < 1.29 is 14.3 Å². The molecule has 0 radical (unpaired) electrons. The lowest BCUT2D eigenvalue weighted by Gasteiger charge is -2.04. The van der Waals surface area contributed by atoms with Gasteiger partial charge in [-0.1, -0.05) is 0 Å². The molecule has 2 N–H and O–H groups in total. The molecule has 0 aromatic carbocycles. The van der Waals surface area contributed by atoms with Crippen molar-refractivity contribution in [2.75, 3.05) is 25.6 Å². The van der Waals surface area contributed by atoms with Crippen LogP contribution < -0.4 is 10.1 Å². The molecule has 0 aliphatic heterocycles. The van der Waals surface area contributed by atoms with E-state index in [0.29, 0.717) is 24.1 Å². The molecule has 0 saturated carbocycles. The van der Waals surface area contributed by atoms with Gasteiger partial charge in [0, 0.05) is 18.9 Å². The second kappa shape index (κ2) is 7.81. The normalized spacial score (nSPS) is 10.6. The average molecular weight is 360 g/mol. The van der Waals surface area contributed by atoms with Crippen LogP contribution in [0.5, 0.6) is 5.88 Å². The Labute approximate surface area is 147 Å². The van der Waals surface area contributed by atoms with Crippen molar-refractivity contribution in [1.82, 2.24) is 25.1 Å². The lowest BCUT2D eigenvalue weighted by Crippen LogP contribution is -2.17. The summed E-state index contributed by atoms with van der Waals surface area (Å²) in [6.07, 6.45) is 3.04. The number of nitrogens with zero attached hydrogens (tertiary/aromatic N) is 4. The summed E-state index contributed by atoms with van der Waals surface area (Å²) < 4.78 is 10.4. The average Bonchev–Trinajstić information content (AvgIpc) is 3.25. The van der Waals surface area contributed by atoms with Crippen LogP contribution in [0.25, 0.3) is 21.3 Å². The first-order chi connectivity index (χ1) is 12.2. The van der Waals surface area contributed by atoms with E-state index in [4.69, 9.17) is 9.47 Å². The van der Waals surface area contributed by atoms with E-state index in [2.05, 4.69) is 30.5 Å². The molecule has 25 heavy (non-hydrogen) atoms. The highest BCUT2D eigenvalue weighted by Crippen LogP contribution is 2.38. The van der Waals surface area contributed by atoms with Crippen molar-refractivity contribution in [2.24, 2.45) is 0 Å². The minimum atomic E-state index is -0.274. The van der Waals surface area contributed by atoms with E-state index in [1.54, 1.807) is 12.3 Å². The third kappa shape index (κ3) is 3.98. The first kappa shape index (κ1) is 17.0. The van der Waals surface area contributed by atoms with Crippen LogP contribution in [0, 0.1) is 0 Å². The third-order valence-electron chi connectivity index (χ3n) is 3.06. The first-order valence-corrected chi connectivity index (χ1v) is 8.27. The molecule has 0 atom stereocenters. The number of thiazole rings is 1. The number of aromatic amines is 1. The zero-order chi connectivity index (χ0) is 17.6. The number of hydrogen-bond acceptors (Lipinski definition) is 8. The molecule has 0 saturated heterocycles. The van der Waals surface area contributed by atoms with Gasteiger partial charge in [0.15, 0.2) is 5.82 Å². The van der Waals surface area contributed by atoms with Crippen LogP contribution in [0.4, 0.5) is 5.82 Å². The maximum Gasteiger partial charge on any atom is 0.251 e. The maximum absolute atomic E-state index is 11.6. The topological polar surface area (TPSA) is 115 Å². The van der Waals surface area contributed by atoms with Crippen molar-refractivity contribution in [1.29, 1.82) is 0 Å². The summed E-state index contributed by atoms with van der Waals surface area (Å²) in [6.45, 7) is 2.34. The Morgan fingerprint density at radius 1 is 1.40 bits per heavy atom. The van der Waals surface area contributed by atoms with Gasteiger partial charge < -0.3 is 14.8 Å². The van der Waals surface area contributed by atoms with Gasteiger partial charge >= 0.3 is 0 Å². The summed E-state index contributed by atoms with van der Waals surface area (Å²) in [5.41, 5.74) is 0.805. The number of amides is 1. The molecule has 3 aromatic heterocycles. The quantitative estimate of drug-likeness (QED) is 0.662. The standard InChI is InChI=1S/C15H16N6O3S/c1-3-24-14-12(13-17-8-18-21-13)25-15(20-14)9-4-5-16-10(6-9)19-11(22)7-23-2/h4-6,8H,3,7H2,1-2H3,(H,16,19,22)(H,17,18,21). The van der Waals surface area contributed by atoms with Crippen LogP contribution in [0.2, 0.25) is 0 Å².